The van der Waals surface area contributed by atoms with Crippen molar-refractivity contribution in [3.8, 4) is 0 Å². The fraction of sp³-hybridized carbons (Fsp3) is 0.941. The maximum atomic E-state index is 12.7. The molecule has 0 heterocycles. The zero-order valence-electron chi connectivity index (χ0n) is 17.9. The van der Waals surface area contributed by atoms with Crippen molar-refractivity contribution < 1.29 is 53.6 Å². The molecule has 0 fully saturated rings. The smallest absolute Gasteiger partial charge is 0.463 e. The van der Waals surface area contributed by atoms with E-state index in [2.05, 4.69) is 0 Å². The van der Waals surface area contributed by atoms with Crippen LogP contribution >= 0.6 is 0 Å². The third-order valence-electron chi connectivity index (χ3n) is 4.16. The van der Waals surface area contributed by atoms with Crippen molar-refractivity contribution in [3.63, 3.8) is 0 Å². The second kappa shape index (κ2) is 9.94. The lowest BCUT2D eigenvalue weighted by Gasteiger charge is -2.34. The van der Waals surface area contributed by atoms with Crippen molar-refractivity contribution in [3.05, 3.63) is 0 Å². The van der Waals surface area contributed by atoms with Gasteiger partial charge in [0, 0.05) is 6.42 Å². The Balaban J connectivity index is 5.54. The summed E-state index contributed by atoms with van der Waals surface area (Å²) in [4.78, 5) is 12.4. The lowest BCUT2D eigenvalue weighted by Crippen LogP contribution is -2.44. The Bertz CT molecular complexity index is 747. The Morgan fingerprint density at radius 2 is 1.45 bits per heavy atom. The minimum absolute atomic E-state index is 0.328. The number of hydrogen-bond acceptors (Lipinski definition) is 6. The van der Waals surface area contributed by atoms with Gasteiger partial charge in [-0.05, 0) is 17.3 Å². The summed E-state index contributed by atoms with van der Waals surface area (Å²) in [5, 5.41) is 9.82. The first kappa shape index (κ1) is 30.1. The van der Waals surface area contributed by atoms with Gasteiger partial charge >= 0.3 is 17.0 Å². The van der Waals surface area contributed by atoms with Crippen LogP contribution in [0.3, 0.4) is 0 Å². The highest BCUT2D eigenvalue weighted by atomic mass is 32.3. The highest BCUT2D eigenvalue weighted by Gasteiger charge is 2.58. The molecule has 0 aromatic rings. The van der Waals surface area contributed by atoms with Crippen LogP contribution in [0.25, 0.3) is 0 Å². The molecule has 0 aliphatic rings. The summed E-state index contributed by atoms with van der Waals surface area (Å²) in [5.74, 6) is -1.58. The van der Waals surface area contributed by atoms with Crippen molar-refractivity contribution in [2.75, 3.05) is 6.61 Å². The largest absolute Gasteiger partial charge is 0.498 e. The molecule has 6 nitrogen and oxygen atoms in total. The molecule has 14 heteroatoms. The second-order valence-corrected chi connectivity index (χ2v) is 13.4. The first-order chi connectivity index (χ1) is 13.4. The van der Waals surface area contributed by atoms with Crippen LogP contribution in [0.2, 0.25) is 0 Å². The van der Waals surface area contributed by atoms with Crippen molar-refractivity contribution in [1.82, 2.24) is 0 Å². The number of aliphatic hydroxyl groups is 1. The van der Waals surface area contributed by atoms with Crippen LogP contribution in [0.1, 0.15) is 54.4 Å². The lowest BCUT2D eigenvalue weighted by atomic mass is 9.72. The molecule has 4 unspecified atom stereocenters. The normalized spacial score (nSPS) is 18.2. The van der Waals surface area contributed by atoms with Crippen molar-refractivity contribution in [2.24, 2.45) is 16.7 Å². The zero-order chi connectivity index (χ0) is 25.2. The topological polar surface area (TPSA) is 97.7 Å². The predicted octanol–water partition coefficient (Wildman–Crippen LogP) is 3.91. The van der Waals surface area contributed by atoms with Gasteiger partial charge in [-0.2, -0.15) is 26.3 Å². The first-order valence-corrected chi connectivity index (χ1v) is 11.8. The summed E-state index contributed by atoms with van der Waals surface area (Å²) >= 11 is 0. The van der Waals surface area contributed by atoms with E-state index < -0.39 is 72.7 Å². The van der Waals surface area contributed by atoms with E-state index in [4.69, 9.17) is 4.74 Å². The van der Waals surface area contributed by atoms with Crippen LogP contribution in [0.15, 0.2) is 0 Å². The summed E-state index contributed by atoms with van der Waals surface area (Å²) in [6, 6.07) is 0. The fourth-order valence-electron chi connectivity index (χ4n) is 2.55. The van der Waals surface area contributed by atoms with Gasteiger partial charge in [0.15, 0.2) is 4.58 Å². The standard InChI is InChI=1S/C17H28F6O6S2/c1-14(2,3)8-11(15(4,5)6)13(25)29-9-10(24)7-12(30(26)16(18,19)20)31(27,28)17(21,22)23/h10-12,24H,7-9H2,1-6H3. The number of carbonyl (C=O) groups is 1. The molecule has 0 aromatic carbocycles. The average molecular weight is 507 g/mol. The Morgan fingerprint density at radius 1 is 1.00 bits per heavy atom. The van der Waals surface area contributed by atoms with E-state index in [0.29, 0.717) is 6.42 Å². The van der Waals surface area contributed by atoms with E-state index in [0.717, 1.165) is 0 Å². The number of hydrogen-bond donors (Lipinski definition) is 1. The number of rotatable bonds is 8. The fourth-order valence-corrected chi connectivity index (χ4v) is 5.60. The lowest BCUT2D eigenvalue weighted by molar-refractivity contribution is -0.157. The molecule has 0 aliphatic heterocycles. The van der Waals surface area contributed by atoms with E-state index >= 15 is 0 Å². The van der Waals surface area contributed by atoms with Crippen LogP contribution in [-0.4, -0.2) is 52.0 Å². The molecule has 0 bridgehead atoms. The van der Waals surface area contributed by atoms with E-state index in [-0.39, 0.29) is 5.41 Å². The van der Waals surface area contributed by atoms with Crippen molar-refractivity contribution in [2.45, 2.75) is 76.1 Å². The average Bonchev–Trinajstić information content (AvgIpc) is 2.50. The minimum Gasteiger partial charge on any atom is -0.463 e. The van der Waals surface area contributed by atoms with Crippen molar-refractivity contribution in [1.29, 1.82) is 0 Å². The highest BCUT2D eigenvalue weighted by molar-refractivity contribution is 8.07. The maximum absolute atomic E-state index is 12.7. The van der Waals surface area contributed by atoms with Crippen LogP contribution < -0.4 is 0 Å². The molecule has 0 saturated heterocycles. The summed E-state index contributed by atoms with van der Waals surface area (Å²) in [6.45, 7) is 9.62. The number of esters is 1. The molecule has 0 radical (unpaired) electrons. The molecule has 0 rings (SSSR count). The van der Waals surface area contributed by atoms with Gasteiger partial charge in [0.1, 0.15) is 17.4 Å². The van der Waals surface area contributed by atoms with Gasteiger partial charge in [-0.15, -0.1) is 0 Å². The molecular formula is C17H28F6O6S2. The first-order valence-electron chi connectivity index (χ1n) is 9.03. The van der Waals surface area contributed by atoms with Gasteiger partial charge in [-0.3, -0.25) is 4.79 Å². The van der Waals surface area contributed by atoms with Crippen LogP contribution in [-0.2, 0) is 30.2 Å². The van der Waals surface area contributed by atoms with Gasteiger partial charge in [0.2, 0.25) is 0 Å². The Morgan fingerprint density at radius 3 is 1.77 bits per heavy atom. The molecule has 0 aromatic heterocycles. The molecule has 0 spiro atoms. The number of carbonyl (C=O) groups excluding carboxylic acids is 1. The summed E-state index contributed by atoms with van der Waals surface area (Å²) in [5.41, 5.74) is -12.8. The number of aliphatic hydroxyl groups excluding tert-OH is 1. The van der Waals surface area contributed by atoms with Crippen LogP contribution in [0, 0.1) is 16.7 Å². The molecule has 0 saturated carbocycles. The van der Waals surface area contributed by atoms with Gasteiger partial charge in [-0.1, -0.05) is 41.5 Å². The Labute approximate surface area is 180 Å². The molecule has 4 atom stereocenters. The highest BCUT2D eigenvalue weighted by Crippen LogP contribution is 2.38. The van der Waals surface area contributed by atoms with E-state index in [1.54, 1.807) is 20.8 Å². The molecule has 0 aliphatic carbocycles. The zero-order valence-corrected chi connectivity index (χ0v) is 19.6. The molecule has 1 N–H and O–H groups in total. The quantitative estimate of drug-likeness (QED) is 0.396. The van der Waals surface area contributed by atoms with Crippen molar-refractivity contribution >= 4 is 26.6 Å². The SMILES string of the molecule is CC(C)(C)CC(C(=O)OCC(O)CC(S(=O)C(F)(F)F)S(=O)(=O)C(F)(F)F)C(C)(C)C. The third-order valence-corrected chi connectivity index (χ3v) is 8.11. The second-order valence-electron chi connectivity index (χ2n) is 9.37. The maximum Gasteiger partial charge on any atom is 0.498 e. The van der Waals surface area contributed by atoms with E-state index in [9.17, 15) is 48.9 Å². The van der Waals surface area contributed by atoms with Gasteiger partial charge in [0.05, 0.1) is 12.0 Å². The van der Waals surface area contributed by atoms with E-state index in [1.165, 1.54) is 0 Å². The molecular weight excluding hydrogens is 478 g/mol. The van der Waals surface area contributed by atoms with Gasteiger partial charge in [-0.25, -0.2) is 12.6 Å². The number of alkyl halides is 6. The van der Waals surface area contributed by atoms with Gasteiger partial charge < -0.3 is 9.84 Å². The predicted molar refractivity (Wildman–Crippen MR) is 102 cm³/mol. The molecule has 0 amide bonds. The van der Waals surface area contributed by atoms with Crippen LogP contribution in [0.4, 0.5) is 26.3 Å². The Hall–Kier alpha value is -0.890. The minimum atomic E-state index is -6.54. The summed E-state index contributed by atoms with van der Waals surface area (Å²) in [7, 11) is -11.0. The third kappa shape index (κ3) is 9.24. The molecule has 31 heavy (non-hydrogen) atoms. The number of ether oxygens (including phenoxy) is 1. The monoisotopic (exact) mass is 506 g/mol. The number of halogens is 6. The number of sulfone groups is 1. The summed E-state index contributed by atoms with van der Waals surface area (Å²) in [6.07, 6.45) is -3.59. The van der Waals surface area contributed by atoms with Gasteiger partial charge in [0.25, 0.3) is 9.84 Å². The van der Waals surface area contributed by atoms with Crippen LogP contribution in [0.5, 0.6) is 0 Å². The Kier molecular flexibility index (Phi) is 9.65. The van der Waals surface area contributed by atoms with E-state index in [1.807, 2.05) is 20.8 Å². The summed E-state index contributed by atoms with van der Waals surface area (Å²) < 4.78 is 112. The molecule has 186 valence electrons.